The van der Waals surface area contributed by atoms with Gasteiger partial charge in [-0.15, -0.1) is 11.8 Å². The van der Waals surface area contributed by atoms with Crippen molar-refractivity contribution in [2.24, 2.45) is 0 Å². The summed E-state index contributed by atoms with van der Waals surface area (Å²) in [6.45, 7) is 3.90. The first kappa shape index (κ1) is 23.3. The lowest BCUT2D eigenvalue weighted by Gasteiger charge is -2.25. The Bertz CT molecular complexity index is 918. The van der Waals surface area contributed by atoms with Gasteiger partial charge < -0.3 is 5.32 Å². The first-order chi connectivity index (χ1) is 15.0. The van der Waals surface area contributed by atoms with Crippen LogP contribution >= 0.6 is 11.8 Å². The van der Waals surface area contributed by atoms with E-state index in [1.54, 1.807) is 24.0 Å². The second-order valence-corrected chi connectivity index (χ2v) is 9.12. The van der Waals surface area contributed by atoms with E-state index in [1.807, 2.05) is 24.3 Å². The van der Waals surface area contributed by atoms with E-state index in [0.717, 1.165) is 24.1 Å². The van der Waals surface area contributed by atoms with Crippen LogP contribution < -0.4 is 10.2 Å². The van der Waals surface area contributed by atoms with Gasteiger partial charge in [-0.25, -0.2) is 4.39 Å². The van der Waals surface area contributed by atoms with Crippen molar-refractivity contribution in [3.05, 3.63) is 59.4 Å². The highest BCUT2D eigenvalue weighted by molar-refractivity contribution is 8.00. The average molecular weight is 443 g/mol. The lowest BCUT2D eigenvalue weighted by molar-refractivity contribution is -0.117. The lowest BCUT2D eigenvalue weighted by Crippen LogP contribution is -2.28. The highest BCUT2D eigenvalue weighted by atomic mass is 32.2. The zero-order chi connectivity index (χ0) is 22.2. The average Bonchev–Trinajstić information content (AvgIpc) is 3.14. The molecule has 2 aromatic rings. The number of nitrogens with one attached hydrogen (secondary N) is 1. The maximum Gasteiger partial charge on any atom is 0.238 e. The number of thioether (sulfide) groups is 1. The third-order valence-corrected chi connectivity index (χ3v) is 6.73. The molecule has 1 aliphatic rings. The van der Waals surface area contributed by atoms with Crippen LogP contribution in [0.4, 0.5) is 15.8 Å². The largest absolute Gasteiger partial charge is 0.326 e. The third kappa shape index (κ3) is 6.33. The maximum absolute atomic E-state index is 14.1. The Morgan fingerprint density at radius 3 is 2.68 bits per heavy atom. The van der Waals surface area contributed by atoms with Crippen LogP contribution in [0.1, 0.15) is 68.4 Å². The van der Waals surface area contributed by atoms with Gasteiger partial charge in [-0.1, -0.05) is 57.2 Å². The zero-order valence-corrected chi connectivity index (χ0v) is 19.1. The molecule has 0 saturated carbocycles. The first-order valence-electron chi connectivity index (χ1n) is 11.1. The molecule has 0 bridgehead atoms. The molecule has 31 heavy (non-hydrogen) atoms. The number of halogens is 1. The lowest BCUT2D eigenvalue weighted by atomic mass is 10.1. The van der Waals surface area contributed by atoms with Crippen molar-refractivity contribution in [2.75, 3.05) is 16.0 Å². The van der Waals surface area contributed by atoms with Gasteiger partial charge in [-0.3, -0.25) is 14.5 Å². The van der Waals surface area contributed by atoms with Crippen LogP contribution in [-0.4, -0.2) is 17.6 Å². The Morgan fingerprint density at radius 2 is 1.90 bits per heavy atom. The number of carbonyl (C=O) groups excluding carboxylic acids is 2. The van der Waals surface area contributed by atoms with Crippen molar-refractivity contribution in [1.29, 1.82) is 0 Å². The van der Waals surface area contributed by atoms with Crippen molar-refractivity contribution >= 4 is 35.0 Å². The van der Waals surface area contributed by atoms with Gasteiger partial charge in [0, 0.05) is 17.8 Å². The van der Waals surface area contributed by atoms with Gasteiger partial charge >= 0.3 is 0 Å². The Balaban J connectivity index is 1.64. The SMILES string of the molecule is CCCCCCCCC(=O)Nc1cccc([C@@H]2SCC(=O)N2c2ccc(C)c(F)c2)c1. The molecule has 2 aromatic carbocycles. The minimum absolute atomic E-state index is 0.0141. The van der Waals surface area contributed by atoms with E-state index >= 15 is 0 Å². The van der Waals surface area contributed by atoms with Gasteiger partial charge in [0.1, 0.15) is 11.2 Å². The van der Waals surface area contributed by atoms with E-state index in [4.69, 9.17) is 0 Å². The second-order valence-electron chi connectivity index (χ2n) is 8.05. The smallest absolute Gasteiger partial charge is 0.238 e. The normalized spacial score (nSPS) is 16.0. The molecule has 0 aliphatic carbocycles. The summed E-state index contributed by atoms with van der Waals surface area (Å²) in [5, 5.41) is 2.73. The van der Waals surface area contributed by atoms with E-state index in [-0.39, 0.29) is 23.0 Å². The number of hydrogen-bond acceptors (Lipinski definition) is 3. The minimum atomic E-state index is -0.323. The number of benzene rings is 2. The van der Waals surface area contributed by atoms with Gasteiger partial charge in [0.15, 0.2) is 0 Å². The molecule has 1 heterocycles. The molecule has 1 aliphatic heterocycles. The van der Waals surface area contributed by atoms with E-state index in [0.29, 0.717) is 23.4 Å². The second kappa shape index (κ2) is 11.3. The Labute approximate surface area is 188 Å². The quantitative estimate of drug-likeness (QED) is 0.422. The summed E-state index contributed by atoms with van der Waals surface area (Å²) in [7, 11) is 0. The van der Waals surface area contributed by atoms with Gasteiger partial charge in [-0.2, -0.15) is 0 Å². The number of nitrogens with zero attached hydrogens (tertiary/aromatic N) is 1. The van der Waals surface area contributed by atoms with E-state index in [9.17, 15) is 14.0 Å². The molecule has 1 fully saturated rings. The van der Waals surface area contributed by atoms with Crippen LogP contribution in [0.5, 0.6) is 0 Å². The molecule has 1 N–H and O–H groups in total. The van der Waals surface area contributed by atoms with E-state index < -0.39 is 0 Å². The highest BCUT2D eigenvalue weighted by Gasteiger charge is 2.34. The topological polar surface area (TPSA) is 49.4 Å². The number of amides is 2. The van der Waals surface area contributed by atoms with Crippen molar-refractivity contribution < 1.29 is 14.0 Å². The van der Waals surface area contributed by atoms with Crippen LogP contribution in [0.2, 0.25) is 0 Å². The number of rotatable bonds is 10. The molecular weight excluding hydrogens is 411 g/mol. The van der Waals surface area contributed by atoms with Crippen LogP contribution in [0, 0.1) is 12.7 Å². The summed E-state index contributed by atoms with van der Waals surface area (Å²) in [4.78, 5) is 26.5. The molecule has 0 aromatic heterocycles. The summed E-state index contributed by atoms with van der Waals surface area (Å²) in [5.41, 5.74) is 2.74. The van der Waals surface area contributed by atoms with Gasteiger partial charge in [0.2, 0.25) is 11.8 Å². The van der Waals surface area contributed by atoms with Gasteiger partial charge in [-0.05, 0) is 48.7 Å². The fourth-order valence-electron chi connectivity index (χ4n) is 3.74. The van der Waals surface area contributed by atoms with Crippen molar-refractivity contribution in [2.45, 2.75) is 64.2 Å². The first-order valence-corrected chi connectivity index (χ1v) is 12.1. The summed E-state index contributed by atoms with van der Waals surface area (Å²) < 4.78 is 14.1. The standard InChI is InChI=1S/C25H31FN2O2S/c1-3-4-5-6-7-8-12-23(29)27-20-11-9-10-19(15-20)25-28(24(30)17-31-25)21-14-13-18(2)22(26)16-21/h9-11,13-16,25H,3-8,12,17H2,1-2H3,(H,27,29)/t25-/m0/s1. The molecule has 6 heteroatoms. The molecule has 1 saturated heterocycles. The number of anilines is 2. The minimum Gasteiger partial charge on any atom is -0.326 e. The fourth-order valence-corrected chi connectivity index (χ4v) is 4.91. The Morgan fingerprint density at radius 1 is 1.13 bits per heavy atom. The van der Waals surface area contributed by atoms with Crippen LogP contribution in [0.15, 0.2) is 42.5 Å². The summed E-state index contributed by atoms with van der Waals surface area (Å²) >= 11 is 1.51. The number of aryl methyl sites for hydroxylation is 1. The van der Waals surface area contributed by atoms with Crippen molar-refractivity contribution in [3.8, 4) is 0 Å². The molecule has 3 rings (SSSR count). The Hall–Kier alpha value is -2.34. The molecular formula is C25H31FN2O2S. The maximum atomic E-state index is 14.1. The highest BCUT2D eigenvalue weighted by Crippen LogP contribution is 2.42. The third-order valence-electron chi connectivity index (χ3n) is 5.51. The molecule has 2 amide bonds. The summed E-state index contributed by atoms with van der Waals surface area (Å²) in [6, 6.07) is 12.5. The summed E-state index contributed by atoms with van der Waals surface area (Å²) in [6.07, 6.45) is 7.39. The molecule has 0 spiro atoms. The summed E-state index contributed by atoms with van der Waals surface area (Å²) in [5.74, 6) is -0.0120. The van der Waals surface area contributed by atoms with E-state index in [2.05, 4.69) is 12.2 Å². The predicted octanol–water partition coefficient (Wildman–Crippen LogP) is 6.60. The molecule has 166 valence electrons. The van der Waals surface area contributed by atoms with Crippen molar-refractivity contribution in [1.82, 2.24) is 0 Å². The number of carbonyl (C=O) groups is 2. The van der Waals surface area contributed by atoms with Crippen LogP contribution in [0.25, 0.3) is 0 Å². The van der Waals surface area contributed by atoms with Crippen LogP contribution in [-0.2, 0) is 9.59 Å². The molecule has 4 nitrogen and oxygen atoms in total. The van der Waals surface area contributed by atoms with Crippen LogP contribution in [0.3, 0.4) is 0 Å². The van der Waals surface area contributed by atoms with Gasteiger partial charge in [0.25, 0.3) is 0 Å². The molecule has 1 atom stereocenters. The molecule has 0 unspecified atom stereocenters. The van der Waals surface area contributed by atoms with E-state index in [1.165, 1.54) is 43.5 Å². The molecule has 0 radical (unpaired) electrons. The van der Waals surface area contributed by atoms with Crippen molar-refractivity contribution in [3.63, 3.8) is 0 Å². The fraction of sp³-hybridized carbons (Fsp3) is 0.440. The predicted molar refractivity (Wildman–Crippen MR) is 127 cm³/mol. The number of hydrogen-bond donors (Lipinski definition) is 1. The van der Waals surface area contributed by atoms with Gasteiger partial charge in [0.05, 0.1) is 5.75 Å². The monoisotopic (exact) mass is 442 g/mol. The Kier molecular flexibility index (Phi) is 8.52. The number of unbranched alkanes of at least 4 members (excludes halogenated alkanes) is 5. The zero-order valence-electron chi connectivity index (χ0n) is 18.3.